The number of benzene rings is 1. The highest BCUT2D eigenvalue weighted by Gasteiger charge is 2.64. The Balaban J connectivity index is 1.47. The van der Waals surface area contributed by atoms with Crippen LogP contribution in [-0.2, 0) is 10.0 Å². The van der Waals surface area contributed by atoms with Gasteiger partial charge < -0.3 is 9.64 Å². The molecule has 1 N–H and O–H groups in total. The smallest absolute Gasteiger partial charge is 0.268 e. The molecule has 3 aromatic rings. The number of nitrogens with zero attached hydrogens (tertiary/aromatic N) is 4. The van der Waals surface area contributed by atoms with Crippen LogP contribution < -0.4 is 14.4 Å². The number of amides is 1. The van der Waals surface area contributed by atoms with Gasteiger partial charge in [0.25, 0.3) is 15.9 Å². The number of nitrogens with one attached hydrogen (secondary N) is 1. The van der Waals surface area contributed by atoms with Crippen molar-refractivity contribution in [3.05, 3.63) is 60.3 Å². The minimum Gasteiger partial charge on any atom is -0.476 e. The summed E-state index contributed by atoms with van der Waals surface area (Å²) < 4.78 is 52.5. The summed E-state index contributed by atoms with van der Waals surface area (Å²) >= 11 is 0. The largest absolute Gasteiger partial charge is 0.476 e. The van der Waals surface area contributed by atoms with Gasteiger partial charge in [-0.2, -0.15) is 0 Å². The number of sulfonamides is 1. The van der Waals surface area contributed by atoms with E-state index in [1.807, 2.05) is 32.6 Å². The van der Waals surface area contributed by atoms with Crippen molar-refractivity contribution < 1.29 is 20.7 Å². The number of pyridine rings is 1. The van der Waals surface area contributed by atoms with Crippen molar-refractivity contribution in [1.29, 1.82) is 0 Å². The highest BCUT2D eigenvalue weighted by atomic mass is 32.2. The Morgan fingerprint density at radius 3 is 2.35 bits per heavy atom. The van der Waals surface area contributed by atoms with Gasteiger partial charge in [0.2, 0.25) is 5.88 Å². The fourth-order valence-electron chi connectivity index (χ4n) is 5.84. The van der Waals surface area contributed by atoms with Gasteiger partial charge in [0.05, 0.1) is 19.8 Å². The average Bonchev–Trinajstić information content (AvgIpc) is 3.21. The van der Waals surface area contributed by atoms with Crippen LogP contribution in [0.5, 0.6) is 5.88 Å². The van der Waals surface area contributed by atoms with Gasteiger partial charge in [-0.3, -0.25) is 4.79 Å². The van der Waals surface area contributed by atoms with Crippen LogP contribution in [0.4, 0.5) is 5.82 Å². The van der Waals surface area contributed by atoms with E-state index in [0.717, 1.165) is 6.42 Å². The minimum atomic E-state index is -4.10. The predicted molar refractivity (Wildman–Crippen MR) is 154 cm³/mol. The maximum atomic E-state index is 13.4. The average molecular weight is 568 g/mol. The van der Waals surface area contributed by atoms with Crippen LogP contribution in [-0.4, -0.2) is 47.7 Å². The molecule has 2 fully saturated rings. The normalized spacial score (nSPS) is 22.4. The van der Waals surface area contributed by atoms with E-state index in [0.29, 0.717) is 24.1 Å². The monoisotopic (exact) mass is 567 g/mol. The van der Waals surface area contributed by atoms with Gasteiger partial charge in [0.1, 0.15) is 5.82 Å². The summed E-state index contributed by atoms with van der Waals surface area (Å²) in [5, 5.41) is 4.44. The van der Waals surface area contributed by atoms with Crippen LogP contribution in [0, 0.1) is 22.7 Å². The molecule has 10 heteroatoms. The molecule has 2 aromatic heterocycles. The molecule has 5 rings (SSSR count). The lowest BCUT2D eigenvalue weighted by Crippen LogP contribution is -2.41. The van der Waals surface area contributed by atoms with E-state index in [-0.39, 0.29) is 38.6 Å². The zero-order chi connectivity index (χ0) is 30.9. The number of aromatic nitrogens is 3. The summed E-state index contributed by atoms with van der Waals surface area (Å²) in [6.07, 6.45) is 2.49. The van der Waals surface area contributed by atoms with Gasteiger partial charge in [0.15, 0.2) is 5.82 Å². The molecule has 1 atom stereocenters. The minimum absolute atomic E-state index is 0.0125. The molecule has 0 radical (unpaired) electrons. The van der Waals surface area contributed by atoms with Gasteiger partial charge in [-0.15, -0.1) is 5.10 Å². The molecule has 0 bridgehead atoms. The Hall–Kier alpha value is -3.40. The van der Waals surface area contributed by atoms with Crippen molar-refractivity contribution >= 4 is 21.7 Å². The molecular formula is C30H39N5O4S. The number of carbonyl (C=O) groups excluding carboxylic acids is 1. The Morgan fingerprint density at radius 2 is 1.75 bits per heavy atom. The Kier molecular flexibility index (Phi) is 6.14. The van der Waals surface area contributed by atoms with Gasteiger partial charge >= 0.3 is 0 Å². The Bertz CT molecular complexity index is 1610. The zero-order valence-corrected chi connectivity index (χ0v) is 24.9. The van der Waals surface area contributed by atoms with E-state index in [1.54, 1.807) is 42.6 Å². The molecule has 1 saturated heterocycles. The zero-order valence-electron chi connectivity index (χ0n) is 26.1. The molecule has 1 amide bonds. The first-order valence-corrected chi connectivity index (χ1v) is 15.0. The molecule has 40 heavy (non-hydrogen) atoms. The molecule has 1 saturated carbocycles. The molecule has 9 nitrogen and oxygen atoms in total. The molecule has 2 aliphatic rings. The third-order valence-corrected chi connectivity index (χ3v) is 10.2. The fraction of sp³-hybridized carbons (Fsp3) is 0.500. The van der Waals surface area contributed by atoms with Crippen molar-refractivity contribution in [2.75, 3.05) is 18.0 Å². The van der Waals surface area contributed by atoms with Crippen LogP contribution in [0.1, 0.15) is 68.0 Å². The first-order chi connectivity index (χ1) is 19.4. The topological polar surface area (TPSA) is 106 Å². The number of hydrogen-bond donors (Lipinski definition) is 1. The molecule has 214 valence electrons. The lowest BCUT2D eigenvalue weighted by molar-refractivity contribution is 0.0981. The number of rotatable bonds is 8. The van der Waals surface area contributed by atoms with Crippen molar-refractivity contribution in [2.45, 2.75) is 65.3 Å². The second kappa shape index (κ2) is 9.61. The third-order valence-electron chi connectivity index (χ3n) is 8.82. The highest BCUT2D eigenvalue weighted by molar-refractivity contribution is 7.90. The van der Waals surface area contributed by atoms with Gasteiger partial charge in [-0.25, -0.2) is 22.8 Å². The summed E-state index contributed by atoms with van der Waals surface area (Å²) in [5.74, 6) is 0.0834. The van der Waals surface area contributed by atoms with Crippen molar-refractivity contribution in [3.8, 4) is 11.7 Å². The lowest BCUT2D eigenvalue weighted by Gasteiger charge is -2.34. The maximum absolute atomic E-state index is 13.4. The van der Waals surface area contributed by atoms with E-state index in [1.165, 1.54) is 16.8 Å². The molecule has 1 aliphatic carbocycles. The predicted octanol–water partition coefficient (Wildman–Crippen LogP) is 5.07. The molecule has 3 heterocycles. The summed E-state index contributed by atoms with van der Waals surface area (Å²) in [4.78, 5) is 20.3. The summed E-state index contributed by atoms with van der Waals surface area (Å²) in [6, 6.07) is 12.4. The number of carbonyl (C=O) groups is 1. The van der Waals surface area contributed by atoms with Crippen molar-refractivity contribution in [2.24, 2.45) is 22.7 Å². The number of anilines is 1. The van der Waals surface area contributed by atoms with Gasteiger partial charge in [-0.05, 0) is 61.3 Å². The standard InChI is InChI=1S/C30H39N5O4S/c1-20-17-28(2,3)34(18-20)26-22(27(36)33-40(37,38)21-11-9-8-10-12-21)13-14-24(31-26)35-16-15-25(32-35)39-19-23-29(4,5)30(23,6)7/h8-16,20,23H,17-19H2,1-7H3,(H,33,36)/t20-/m0/s1/i19D2. The molecule has 0 spiro atoms. The molecular weight excluding hydrogens is 526 g/mol. The first kappa shape index (κ1) is 25.6. The van der Waals surface area contributed by atoms with E-state index in [9.17, 15) is 13.2 Å². The van der Waals surface area contributed by atoms with E-state index >= 15 is 0 Å². The van der Waals surface area contributed by atoms with Crippen molar-refractivity contribution in [1.82, 2.24) is 19.5 Å². The van der Waals surface area contributed by atoms with Crippen LogP contribution in [0.25, 0.3) is 5.82 Å². The third kappa shape index (κ3) is 4.98. The molecule has 0 unspecified atom stereocenters. The SMILES string of the molecule is [2H]C([2H])(Oc1ccn(-c2ccc(C(=O)NS(=O)(=O)c3ccccc3)c(N3C[C@@H](C)CC3(C)C)n2)n1)C1C(C)(C)C1(C)C. The quantitative estimate of drug-likeness (QED) is 0.405. The van der Waals surface area contributed by atoms with Crippen LogP contribution >= 0.6 is 0 Å². The summed E-state index contributed by atoms with van der Waals surface area (Å²) in [7, 11) is -4.10. The first-order valence-electron chi connectivity index (χ1n) is 14.5. The van der Waals surface area contributed by atoms with Gasteiger partial charge in [-0.1, -0.05) is 52.8 Å². The van der Waals surface area contributed by atoms with E-state index in [2.05, 4.69) is 30.6 Å². The second-order valence-electron chi connectivity index (χ2n) is 12.7. The number of ether oxygens (including phenoxy) is 1. The second-order valence-corrected chi connectivity index (χ2v) is 14.4. The fourth-order valence-corrected chi connectivity index (χ4v) is 6.83. The summed E-state index contributed by atoms with van der Waals surface area (Å²) in [6.45, 7) is 13.1. The van der Waals surface area contributed by atoms with E-state index in [4.69, 9.17) is 12.5 Å². The molecule has 1 aliphatic heterocycles. The molecule has 1 aromatic carbocycles. The highest BCUT2D eigenvalue weighted by Crippen LogP contribution is 2.68. The maximum Gasteiger partial charge on any atom is 0.268 e. The van der Waals surface area contributed by atoms with E-state index < -0.39 is 22.5 Å². The van der Waals surface area contributed by atoms with Crippen LogP contribution in [0.2, 0.25) is 0 Å². The van der Waals surface area contributed by atoms with Crippen LogP contribution in [0.3, 0.4) is 0 Å². The Labute approximate surface area is 239 Å². The lowest BCUT2D eigenvalue weighted by atomic mass is 9.97. The van der Waals surface area contributed by atoms with Gasteiger partial charge in [0, 0.05) is 30.3 Å². The van der Waals surface area contributed by atoms with Crippen LogP contribution in [0.15, 0.2) is 59.6 Å². The summed E-state index contributed by atoms with van der Waals surface area (Å²) in [5.41, 5.74) is -0.658. The number of hydrogen-bond acceptors (Lipinski definition) is 7. The van der Waals surface area contributed by atoms with Crippen molar-refractivity contribution in [3.63, 3.8) is 0 Å². The Morgan fingerprint density at radius 1 is 1.07 bits per heavy atom.